The molecule has 0 spiro atoms. The molecule has 0 aliphatic heterocycles. The van der Waals surface area contributed by atoms with E-state index in [4.69, 9.17) is 5.73 Å². The fourth-order valence-electron chi connectivity index (χ4n) is 4.48. The van der Waals surface area contributed by atoms with Gasteiger partial charge in [0, 0.05) is 36.7 Å². The summed E-state index contributed by atoms with van der Waals surface area (Å²) < 4.78 is 31.7. The molecule has 11 heteroatoms. The highest BCUT2D eigenvalue weighted by molar-refractivity contribution is 7.92. The van der Waals surface area contributed by atoms with Crippen LogP contribution in [0.3, 0.4) is 0 Å². The molecule has 0 unspecified atom stereocenters. The number of hydrogen-bond acceptors (Lipinski definition) is 7. The predicted octanol–water partition coefficient (Wildman–Crippen LogP) is 3.20. The van der Waals surface area contributed by atoms with E-state index >= 15 is 0 Å². The van der Waals surface area contributed by atoms with Gasteiger partial charge < -0.3 is 14.9 Å². The first kappa shape index (κ1) is 22.1. The fourth-order valence-corrected chi connectivity index (χ4v) is 5.57. The van der Waals surface area contributed by atoms with Gasteiger partial charge in [0.15, 0.2) is 10.8 Å². The van der Waals surface area contributed by atoms with Gasteiger partial charge in [0.2, 0.25) is 0 Å². The molecule has 10 nitrogen and oxygen atoms in total. The molecule has 0 saturated heterocycles. The first-order valence-corrected chi connectivity index (χ1v) is 12.5. The molecule has 3 aromatic heterocycles. The number of aryl methyl sites for hydroxylation is 2. The molecule has 1 aliphatic rings. The van der Waals surface area contributed by atoms with Crippen LogP contribution >= 0.6 is 0 Å². The van der Waals surface area contributed by atoms with Gasteiger partial charge in [0.25, 0.3) is 10.0 Å². The van der Waals surface area contributed by atoms with Gasteiger partial charge in [-0.15, -0.1) is 0 Å². The van der Waals surface area contributed by atoms with Crippen LogP contribution in [-0.2, 0) is 17.1 Å². The number of carbonyl (C=O) groups excluding carboxylic acids is 1. The van der Waals surface area contributed by atoms with Gasteiger partial charge in [-0.3, -0.25) is 9.52 Å². The first-order chi connectivity index (χ1) is 16.2. The summed E-state index contributed by atoms with van der Waals surface area (Å²) in [7, 11) is -2.19. The third-order valence-electron chi connectivity index (χ3n) is 6.34. The zero-order valence-corrected chi connectivity index (χ0v) is 19.7. The molecular formula is C23H25N7O3S. The Balaban J connectivity index is 1.51. The summed E-state index contributed by atoms with van der Waals surface area (Å²) in [5, 5.41) is 0.433. The Kier molecular flexibility index (Phi) is 5.35. The Morgan fingerprint density at radius 1 is 1.18 bits per heavy atom. The van der Waals surface area contributed by atoms with Crippen molar-refractivity contribution >= 4 is 38.3 Å². The van der Waals surface area contributed by atoms with Crippen LogP contribution in [0.4, 0.5) is 11.5 Å². The molecule has 5 rings (SSSR count). The number of imidazole rings is 1. The summed E-state index contributed by atoms with van der Waals surface area (Å²) in [6.07, 6.45) is 8.95. The van der Waals surface area contributed by atoms with E-state index in [9.17, 15) is 13.2 Å². The number of sulfonamides is 1. The number of hydrogen-bond donors (Lipinski definition) is 2. The molecule has 0 bridgehead atoms. The highest BCUT2D eigenvalue weighted by Gasteiger charge is 2.26. The van der Waals surface area contributed by atoms with Crippen molar-refractivity contribution in [1.82, 2.24) is 24.1 Å². The number of rotatable bonds is 6. The lowest BCUT2D eigenvalue weighted by Gasteiger charge is -2.12. The van der Waals surface area contributed by atoms with E-state index in [2.05, 4.69) is 19.7 Å². The minimum atomic E-state index is -3.91. The molecule has 3 heterocycles. The van der Waals surface area contributed by atoms with Crippen LogP contribution in [0.15, 0.2) is 48.0 Å². The van der Waals surface area contributed by atoms with Crippen molar-refractivity contribution < 1.29 is 13.2 Å². The van der Waals surface area contributed by atoms with Crippen LogP contribution in [0.5, 0.6) is 0 Å². The molecule has 0 radical (unpaired) electrons. The van der Waals surface area contributed by atoms with Gasteiger partial charge in [-0.25, -0.2) is 15.0 Å². The molecule has 4 aromatic rings. The lowest BCUT2D eigenvalue weighted by Crippen LogP contribution is -2.14. The van der Waals surface area contributed by atoms with Crippen LogP contribution in [0.2, 0.25) is 0 Å². The van der Waals surface area contributed by atoms with Gasteiger partial charge >= 0.3 is 0 Å². The van der Waals surface area contributed by atoms with Crippen molar-refractivity contribution in [1.29, 1.82) is 0 Å². The summed E-state index contributed by atoms with van der Waals surface area (Å²) in [6.45, 7) is 1.72. The maximum Gasteiger partial charge on any atom is 0.280 e. The zero-order valence-electron chi connectivity index (χ0n) is 18.9. The summed E-state index contributed by atoms with van der Waals surface area (Å²) in [6, 6.07) is 6.63. The topological polar surface area (TPSA) is 138 Å². The van der Waals surface area contributed by atoms with Gasteiger partial charge in [-0.1, -0.05) is 25.0 Å². The van der Waals surface area contributed by atoms with Crippen molar-refractivity contribution in [2.45, 2.75) is 43.7 Å². The highest BCUT2D eigenvalue weighted by Crippen LogP contribution is 2.35. The lowest BCUT2D eigenvalue weighted by molar-refractivity contribution is 0.104. The smallest absolute Gasteiger partial charge is 0.280 e. The Hall–Kier alpha value is -3.73. The Morgan fingerprint density at radius 3 is 2.65 bits per heavy atom. The van der Waals surface area contributed by atoms with Crippen molar-refractivity contribution in [3.63, 3.8) is 0 Å². The van der Waals surface area contributed by atoms with Gasteiger partial charge in [0.05, 0.1) is 10.9 Å². The molecule has 34 heavy (non-hydrogen) atoms. The summed E-state index contributed by atoms with van der Waals surface area (Å²) in [5.41, 5.74) is 7.79. The number of benzene rings is 1. The normalized spacial score (nSPS) is 14.6. The minimum Gasteiger partial charge on any atom is -0.383 e. The van der Waals surface area contributed by atoms with Crippen LogP contribution in [0.1, 0.15) is 53.5 Å². The molecule has 3 N–H and O–H groups in total. The molecule has 1 aromatic carbocycles. The third-order valence-corrected chi connectivity index (χ3v) is 7.59. The van der Waals surface area contributed by atoms with Crippen molar-refractivity contribution in [3.05, 3.63) is 59.9 Å². The van der Waals surface area contributed by atoms with E-state index in [-0.39, 0.29) is 28.4 Å². The Labute approximate surface area is 196 Å². The number of anilines is 2. The SMILES string of the molecule is Cc1nc(S(=O)(=O)Nc2cccc(C(=O)c3cn(C4CCCC4)c4ncnc(N)c34)c2)cn1C. The summed E-state index contributed by atoms with van der Waals surface area (Å²) in [5.74, 6) is 0.535. The number of nitrogen functional groups attached to an aromatic ring is 1. The number of ketones is 1. The quantitative estimate of drug-likeness (QED) is 0.405. The number of nitrogens with zero attached hydrogens (tertiary/aromatic N) is 5. The predicted molar refractivity (Wildman–Crippen MR) is 128 cm³/mol. The number of nitrogens with one attached hydrogen (secondary N) is 1. The zero-order chi connectivity index (χ0) is 24.0. The average molecular weight is 480 g/mol. The lowest BCUT2D eigenvalue weighted by atomic mass is 10.0. The molecule has 1 fully saturated rings. The van der Waals surface area contributed by atoms with E-state index in [1.807, 2.05) is 10.8 Å². The Morgan fingerprint density at radius 2 is 1.94 bits per heavy atom. The molecular weight excluding hydrogens is 454 g/mol. The molecule has 1 saturated carbocycles. The van der Waals surface area contributed by atoms with Crippen molar-refractivity contribution in [2.24, 2.45) is 7.05 Å². The van der Waals surface area contributed by atoms with E-state index in [0.717, 1.165) is 25.7 Å². The van der Waals surface area contributed by atoms with Crippen molar-refractivity contribution in [2.75, 3.05) is 10.5 Å². The van der Waals surface area contributed by atoms with E-state index < -0.39 is 10.0 Å². The molecule has 0 amide bonds. The van der Waals surface area contributed by atoms with E-state index in [1.54, 1.807) is 36.7 Å². The van der Waals surface area contributed by atoms with Crippen LogP contribution < -0.4 is 10.5 Å². The van der Waals surface area contributed by atoms with Crippen molar-refractivity contribution in [3.8, 4) is 0 Å². The molecule has 0 atom stereocenters. The number of nitrogens with two attached hydrogens (primary N) is 1. The largest absolute Gasteiger partial charge is 0.383 e. The average Bonchev–Trinajstić information content (AvgIpc) is 3.53. The van der Waals surface area contributed by atoms with Crippen LogP contribution in [-0.4, -0.2) is 38.3 Å². The summed E-state index contributed by atoms with van der Waals surface area (Å²) in [4.78, 5) is 26.1. The highest BCUT2D eigenvalue weighted by atomic mass is 32.2. The third kappa shape index (κ3) is 3.81. The van der Waals surface area contributed by atoms with E-state index in [0.29, 0.717) is 28.0 Å². The second-order valence-corrected chi connectivity index (χ2v) is 10.2. The number of aromatic nitrogens is 5. The van der Waals surface area contributed by atoms with Crippen LogP contribution in [0.25, 0.3) is 11.0 Å². The minimum absolute atomic E-state index is 0.0891. The molecule has 176 valence electrons. The Bertz CT molecular complexity index is 1500. The fraction of sp³-hybridized carbons (Fsp3) is 0.304. The maximum atomic E-state index is 13.6. The first-order valence-electron chi connectivity index (χ1n) is 11.0. The van der Waals surface area contributed by atoms with Gasteiger partial charge in [-0.05, 0) is 31.9 Å². The standard InChI is InChI=1S/C23H25N7O3S/c1-14-27-19(12-29(14)2)34(32,33)28-16-7-5-6-15(10-16)21(31)18-11-30(17-8-3-4-9-17)23-20(18)22(24)25-13-26-23/h5-7,10-13,17,28H,3-4,8-9H2,1-2H3,(H2,24,25,26). The second kappa shape index (κ2) is 8.24. The number of carbonyl (C=O) groups is 1. The monoisotopic (exact) mass is 479 g/mol. The van der Waals surface area contributed by atoms with Gasteiger partial charge in [0.1, 0.15) is 23.6 Å². The molecule has 1 aliphatic carbocycles. The van der Waals surface area contributed by atoms with Gasteiger partial charge in [-0.2, -0.15) is 8.42 Å². The van der Waals surface area contributed by atoms with Crippen LogP contribution in [0, 0.1) is 6.92 Å². The summed E-state index contributed by atoms with van der Waals surface area (Å²) >= 11 is 0. The second-order valence-electron chi connectivity index (χ2n) is 8.60. The van der Waals surface area contributed by atoms with E-state index in [1.165, 1.54) is 18.6 Å². The maximum absolute atomic E-state index is 13.6. The number of fused-ring (bicyclic) bond motifs is 1.